The van der Waals surface area contributed by atoms with Crippen LogP contribution in [0, 0.1) is 0 Å². The SMILES string of the molecule is COC(=O)[C@@H](N)CF.Cl. The van der Waals surface area contributed by atoms with Crippen molar-refractivity contribution in [2.45, 2.75) is 6.04 Å². The molecular weight excluding hydrogens is 148 g/mol. The lowest BCUT2D eigenvalue weighted by Gasteiger charge is -2.01. The fraction of sp³-hybridized carbons (Fsp3) is 0.750. The summed E-state index contributed by atoms with van der Waals surface area (Å²) in [7, 11) is 1.16. The Morgan fingerprint density at radius 1 is 1.89 bits per heavy atom. The maximum Gasteiger partial charge on any atom is 0.325 e. The first-order chi connectivity index (χ1) is 3.72. The molecule has 2 N–H and O–H groups in total. The second-order valence-electron chi connectivity index (χ2n) is 1.28. The Kier molecular flexibility index (Phi) is 7.35. The number of ether oxygens (including phenoxy) is 1. The second-order valence-corrected chi connectivity index (χ2v) is 1.28. The molecule has 5 heteroatoms. The van der Waals surface area contributed by atoms with Crippen LogP contribution in [0.15, 0.2) is 0 Å². The van der Waals surface area contributed by atoms with Crippen molar-refractivity contribution >= 4 is 18.4 Å². The number of halogens is 2. The molecule has 0 fully saturated rings. The van der Waals surface area contributed by atoms with Gasteiger partial charge in [0.25, 0.3) is 0 Å². The molecule has 0 amide bonds. The van der Waals surface area contributed by atoms with E-state index >= 15 is 0 Å². The zero-order chi connectivity index (χ0) is 6.57. The van der Waals surface area contributed by atoms with Crippen LogP contribution in [0.25, 0.3) is 0 Å². The number of alkyl halides is 1. The van der Waals surface area contributed by atoms with Crippen molar-refractivity contribution in [3.05, 3.63) is 0 Å². The summed E-state index contributed by atoms with van der Waals surface area (Å²) in [4.78, 5) is 10.2. The number of esters is 1. The van der Waals surface area contributed by atoms with Gasteiger partial charge in [0, 0.05) is 0 Å². The fourth-order valence-electron chi connectivity index (χ4n) is 0.214. The van der Waals surface area contributed by atoms with Crippen LogP contribution >= 0.6 is 12.4 Å². The van der Waals surface area contributed by atoms with Crippen molar-refractivity contribution in [1.29, 1.82) is 0 Å². The van der Waals surface area contributed by atoms with Crippen LogP contribution in [0.3, 0.4) is 0 Å². The van der Waals surface area contributed by atoms with Gasteiger partial charge in [-0.1, -0.05) is 0 Å². The largest absolute Gasteiger partial charge is 0.468 e. The summed E-state index contributed by atoms with van der Waals surface area (Å²) in [6.07, 6.45) is 0. The van der Waals surface area contributed by atoms with Gasteiger partial charge >= 0.3 is 5.97 Å². The summed E-state index contributed by atoms with van der Waals surface area (Å²) >= 11 is 0. The van der Waals surface area contributed by atoms with Gasteiger partial charge in [0.1, 0.15) is 12.7 Å². The molecule has 0 aromatic rings. The average Bonchev–Trinajstić information content (AvgIpc) is 1.84. The highest BCUT2D eigenvalue weighted by atomic mass is 35.5. The molecule has 0 aromatic heterocycles. The lowest BCUT2D eigenvalue weighted by atomic mass is 10.4. The van der Waals surface area contributed by atoms with Gasteiger partial charge in [0.2, 0.25) is 0 Å². The number of hydrogen-bond acceptors (Lipinski definition) is 3. The Hall–Kier alpha value is -0.350. The van der Waals surface area contributed by atoms with E-state index in [1.165, 1.54) is 0 Å². The van der Waals surface area contributed by atoms with E-state index in [2.05, 4.69) is 4.74 Å². The molecule has 3 nitrogen and oxygen atoms in total. The van der Waals surface area contributed by atoms with Gasteiger partial charge in [-0.05, 0) is 0 Å². The molecule has 0 aromatic carbocycles. The van der Waals surface area contributed by atoms with E-state index in [4.69, 9.17) is 5.73 Å². The molecule has 1 atom stereocenters. The molecule has 0 radical (unpaired) electrons. The molecule has 0 bridgehead atoms. The predicted octanol–water partition coefficient (Wildman–Crippen LogP) is -0.122. The van der Waals surface area contributed by atoms with E-state index < -0.39 is 18.7 Å². The maximum absolute atomic E-state index is 11.4. The van der Waals surface area contributed by atoms with Gasteiger partial charge in [0.05, 0.1) is 7.11 Å². The predicted molar refractivity (Wildman–Crippen MR) is 33.2 cm³/mol. The zero-order valence-electron chi connectivity index (χ0n) is 4.96. The molecule has 0 saturated heterocycles. The van der Waals surface area contributed by atoms with Crippen molar-refractivity contribution in [3.63, 3.8) is 0 Å². The highest BCUT2D eigenvalue weighted by molar-refractivity contribution is 5.85. The maximum atomic E-state index is 11.4. The third-order valence-corrected chi connectivity index (χ3v) is 0.670. The standard InChI is InChI=1S/C4H8FNO2.ClH/c1-8-4(7)3(6)2-5;/h3H,2,6H2,1H3;1H/t3-;/m0./s1. The monoisotopic (exact) mass is 157 g/mol. The Labute approximate surface area is 58.8 Å². The Balaban J connectivity index is 0. The van der Waals surface area contributed by atoms with Gasteiger partial charge in [-0.3, -0.25) is 4.79 Å². The molecule has 9 heavy (non-hydrogen) atoms. The first kappa shape index (κ1) is 11.4. The van der Waals surface area contributed by atoms with Gasteiger partial charge in [-0.15, -0.1) is 12.4 Å². The molecule has 0 spiro atoms. The Morgan fingerprint density at radius 3 is 2.44 bits per heavy atom. The van der Waals surface area contributed by atoms with Gasteiger partial charge < -0.3 is 10.5 Å². The molecule has 0 heterocycles. The highest BCUT2D eigenvalue weighted by Crippen LogP contribution is 1.82. The van der Waals surface area contributed by atoms with Gasteiger partial charge in [-0.2, -0.15) is 0 Å². The van der Waals surface area contributed by atoms with Crippen molar-refractivity contribution in [2.75, 3.05) is 13.8 Å². The van der Waals surface area contributed by atoms with Crippen molar-refractivity contribution in [3.8, 4) is 0 Å². The lowest BCUT2D eigenvalue weighted by molar-refractivity contribution is -0.142. The number of carbonyl (C=O) groups excluding carboxylic acids is 1. The molecule has 0 rings (SSSR count). The van der Waals surface area contributed by atoms with Crippen LogP contribution in [0.5, 0.6) is 0 Å². The zero-order valence-corrected chi connectivity index (χ0v) is 5.78. The molecule has 0 unspecified atom stereocenters. The van der Waals surface area contributed by atoms with Crippen LogP contribution in [0.4, 0.5) is 4.39 Å². The minimum absolute atomic E-state index is 0. The van der Waals surface area contributed by atoms with Crippen molar-refractivity contribution < 1.29 is 13.9 Å². The van der Waals surface area contributed by atoms with E-state index in [-0.39, 0.29) is 12.4 Å². The normalized spacial score (nSPS) is 11.4. The number of nitrogens with two attached hydrogens (primary N) is 1. The van der Waals surface area contributed by atoms with Crippen LogP contribution in [0.2, 0.25) is 0 Å². The smallest absolute Gasteiger partial charge is 0.325 e. The quantitative estimate of drug-likeness (QED) is 0.569. The van der Waals surface area contributed by atoms with E-state index in [0.717, 1.165) is 7.11 Å². The number of carbonyl (C=O) groups is 1. The van der Waals surface area contributed by atoms with Gasteiger partial charge in [0.15, 0.2) is 0 Å². The van der Waals surface area contributed by atoms with Crippen molar-refractivity contribution in [1.82, 2.24) is 0 Å². The van der Waals surface area contributed by atoms with Crippen molar-refractivity contribution in [2.24, 2.45) is 5.73 Å². The summed E-state index contributed by atoms with van der Waals surface area (Å²) in [5.74, 6) is -0.715. The topological polar surface area (TPSA) is 52.3 Å². The Bertz CT molecular complexity index is 90.6. The van der Waals surface area contributed by atoms with E-state index in [0.29, 0.717) is 0 Å². The molecule has 0 aliphatic heterocycles. The summed E-state index contributed by atoms with van der Waals surface area (Å²) < 4.78 is 15.5. The molecule has 56 valence electrons. The van der Waals surface area contributed by atoms with Crippen LogP contribution in [-0.4, -0.2) is 25.8 Å². The molecular formula is C4H9ClFNO2. The minimum atomic E-state index is -1.11. The average molecular weight is 158 g/mol. The molecule has 0 saturated carbocycles. The van der Waals surface area contributed by atoms with Crippen LogP contribution < -0.4 is 5.73 Å². The number of hydrogen-bond donors (Lipinski definition) is 1. The first-order valence-corrected chi connectivity index (χ1v) is 2.11. The summed E-state index contributed by atoms with van der Waals surface area (Å²) in [6, 6.07) is -1.11. The molecule has 0 aliphatic carbocycles. The Morgan fingerprint density at radius 2 is 2.33 bits per heavy atom. The number of methoxy groups -OCH3 is 1. The van der Waals surface area contributed by atoms with Crippen LogP contribution in [-0.2, 0) is 9.53 Å². The summed E-state index contributed by atoms with van der Waals surface area (Å²) in [6.45, 7) is -0.868. The highest BCUT2D eigenvalue weighted by Gasteiger charge is 2.11. The third kappa shape index (κ3) is 4.17. The van der Waals surface area contributed by atoms with E-state index in [1.807, 2.05) is 0 Å². The van der Waals surface area contributed by atoms with Crippen LogP contribution in [0.1, 0.15) is 0 Å². The van der Waals surface area contributed by atoms with E-state index in [1.54, 1.807) is 0 Å². The second kappa shape index (κ2) is 5.78. The minimum Gasteiger partial charge on any atom is -0.468 e. The third-order valence-electron chi connectivity index (χ3n) is 0.670. The first-order valence-electron chi connectivity index (χ1n) is 2.11. The van der Waals surface area contributed by atoms with E-state index in [9.17, 15) is 9.18 Å². The summed E-state index contributed by atoms with van der Waals surface area (Å²) in [5.41, 5.74) is 4.88. The fourth-order valence-corrected chi connectivity index (χ4v) is 0.214. The summed E-state index contributed by atoms with van der Waals surface area (Å²) in [5, 5.41) is 0. The van der Waals surface area contributed by atoms with Gasteiger partial charge in [-0.25, -0.2) is 4.39 Å². The number of rotatable bonds is 2. The molecule has 0 aliphatic rings. The lowest BCUT2D eigenvalue weighted by Crippen LogP contribution is -2.33.